The van der Waals surface area contributed by atoms with E-state index in [0.717, 1.165) is 0 Å². The zero-order chi connectivity index (χ0) is 15.6. The third kappa shape index (κ3) is 3.71. The van der Waals surface area contributed by atoms with Crippen molar-refractivity contribution in [1.29, 1.82) is 0 Å². The number of carbonyl (C=O) groups excluding carboxylic acids is 3. The Morgan fingerprint density at radius 1 is 1.35 bits per heavy atom. The van der Waals surface area contributed by atoms with E-state index in [9.17, 15) is 14.4 Å². The molecule has 1 heterocycles. The topological polar surface area (TPSA) is 72.9 Å². The van der Waals surface area contributed by atoms with Crippen LogP contribution in [-0.4, -0.2) is 48.0 Å². The van der Waals surface area contributed by atoms with Gasteiger partial charge in [-0.05, 0) is 41.0 Å². The van der Waals surface area contributed by atoms with Crippen LogP contribution in [-0.2, 0) is 19.1 Å². The van der Waals surface area contributed by atoms with E-state index in [1.54, 1.807) is 34.6 Å². The molecule has 1 rings (SSSR count). The summed E-state index contributed by atoms with van der Waals surface area (Å²) in [6.45, 7) is 8.97. The van der Waals surface area contributed by atoms with Crippen LogP contribution in [0.25, 0.3) is 0 Å². The molecule has 0 aromatic heterocycles. The fourth-order valence-corrected chi connectivity index (χ4v) is 1.91. The van der Waals surface area contributed by atoms with Crippen LogP contribution in [0.5, 0.6) is 0 Å². The molecular formula is C14H23NO5. The van der Waals surface area contributed by atoms with E-state index in [-0.39, 0.29) is 25.4 Å². The molecule has 0 saturated carbocycles. The third-order valence-electron chi connectivity index (χ3n) is 3.21. The van der Waals surface area contributed by atoms with E-state index in [1.165, 1.54) is 4.90 Å². The largest absolute Gasteiger partial charge is 0.465 e. The number of ketones is 1. The fraction of sp³-hybridized carbons (Fsp3) is 0.786. The molecule has 0 aromatic carbocycles. The van der Waals surface area contributed by atoms with Gasteiger partial charge in [0.2, 0.25) is 0 Å². The summed E-state index contributed by atoms with van der Waals surface area (Å²) in [6, 6.07) is 0. The minimum atomic E-state index is -1.16. The number of piperidine rings is 1. The predicted molar refractivity (Wildman–Crippen MR) is 72.2 cm³/mol. The van der Waals surface area contributed by atoms with Crippen LogP contribution in [0.3, 0.4) is 0 Å². The molecule has 6 nitrogen and oxygen atoms in total. The Balaban J connectivity index is 2.70. The molecule has 0 N–H and O–H groups in total. The van der Waals surface area contributed by atoms with Crippen molar-refractivity contribution in [2.24, 2.45) is 5.41 Å². The number of Topliss-reactive ketones (excluding diaryl/α,β-unsaturated/α-hetero) is 1. The molecule has 1 fully saturated rings. The van der Waals surface area contributed by atoms with Crippen LogP contribution in [0, 0.1) is 5.41 Å². The summed E-state index contributed by atoms with van der Waals surface area (Å²) in [4.78, 5) is 37.2. The molecule has 1 amide bonds. The standard InChI is InChI=1S/C14H23NO5/c1-6-19-11(17)14(5)7-8-15(9-10(14)16)12(18)20-13(2,3)4/h6-9H2,1-5H3. The second-order valence-electron chi connectivity index (χ2n) is 6.13. The van der Waals surface area contributed by atoms with Gasteiger partial charge in [0.15, 0.2) is 5.78 Å². The van der Waals surface area contributed by atoms with Gasteiger partial charge in [-0.1, -0.05) is 0 Å². The first-order valence-electron chi connectivity index (χ1n) is 6.78. The Kier molecular flexibility index (Phi) is 4.78. The van der Waals surface area contributed by atoms with Crippen LogP contribution in [0.15, 0.2) is 0 Å². The number of hydrogen-bond donors (Lipinski definition) is 0. The van der Waals surface area contributed by atoms with Crippen molar-refractivity contribution >= 4 is 17.8 Å². The highest BCUT2D eigenvalue weighted by Crippen LogP contribution is 2.30. The lowest BCUT2D eigenvalue weighted by Gasteiger charge is -2.36. The number of likely N-dealkylation sites (tertiary alicyclic amines) is 1. The van der Waals surface area contributed by atoms with Gasteiger partial charge in [0, 0.05) is 6.54 Å². The normalized spacial score (nSPS) is 23.4. The number of nitrogens with zero attached hydrogens (tertiary/aromatic N) is 1. The van der Waals surface area contributed by atoms with E-state index in [1.807, 2.05) is 0 Å². The lowest BCUT2D eigenvalue weighted by atomic mass is 9.79. The van der Waals surface area contributed by atoms with E-state index in [2.05, 4.69) is 0 Å². The van der Waals surface area contributed by atoms with Crippen LogP contribution >= 0.6 is 0 Å². The Morgan fingerprint density at radius 3 is 2.40 bits per heavy atom. The molecule has 6 heteroatoms. The smallest absolute Gasteiger partial charge is 0.410 e. The Bertz CT molecular complexity index is 412. The molecule has 1 unspecified atom stereocenters. The molecule has 1 aliphatic heterocycles. The minimum absolute atomic E-state index is 0.121. The molecule has 0 aliphatic carbocycles. The molecule has 20 heavy (non-hydrogen) atoms. The highest BCUT2D eigenvalue weighted by molar-refractivity contribution is 6.05. The summed E-state index contributed by atoms with van der Waals surface area (Å²) in [5, 5.41) is 0. The van der Waals surface area contributed by atoms with Gasteiger partial charge in [0.05, 0.1) is 13.2 Å². The lowest BCUT2D eigenvalue weighted by molar-refractivity contribution is -0.162. The summed E-state index contributed by atoms with van der Waals surface area (Å²) in [5.41, 5.74) is -1.77. The van der Waals surface area contributed by atoms with Crippen molar-refractivity contribution in [2.75, 3.05) is 19.7 Å². The first-order chi connectivity index (χ1) is 9.10. The van der Waals surface area contributed by atoms with Gasteiger partial charge >= 0.3 is 12.1 Å². The number of hydrogen-bond acceptors (Lipinski definition) is 5. The maximum Gasteiger partial charge on any atom is 0.410 e. The molecular weight excluding hydrogens is 262 g/mol. The number of rotatable bonds is 2. The molecule has 1 atom stereocenters. The first kappa shape index (κ1) is 16.5. The van der Waals surface area contributed by atoms with Crippen molar-refractivity contribution in [1.82, 2.24) is 4.90 Å². The maximum atomic E-state index is 12.2. The van der Waals surface area contributed by atoms with Gasteiger partial charge in [-0.25, -0.2) is 4.79 Å². The van der Waals surface area contributed by atoms with Crippen molar-refractivity contribution in [3.8, 4) is 0 Å². The zero-order valence-electron chi connectivity index (χ0n) is 12.8. The second-order valence-corrected chi connectivity index (χ2v) is 6.13. The number of carbonyl (C=O) groups is 3. The molecule has 0 aromatic rings. The molecule has 0 bridgehead atoms. The number of ether oxygens (including phenoxy) is 2. The SMILES string of the molecule is CCOC(=O)C1(C)CCN(C(=O)OC(C)(C)C)CC1=O. The highest BCUT2D eigenvalue weighted by Gasteiger charge is 2.47. The molecule has 0 radical (unpaired) electrons. The van der Waals surface area contributed by atoms with Gasteiger partial charge in [-0.3, -0.25) is 9.59 Å². The van der Waals surface area contributed by atoms with Gasteiger partial charge in [-0.15, -0.1) is 0 Å². The zero-order valence-corrected chi connectivity index (χ0v) is 12.8. The summed E-state index contributed by atoms with van der Waals surface area (Å²) in [6.07, 6.45) is -0.277. The lowest BCUT2D eigenvalue weighted by Crippen LogP contribution is -2.53. The Morgan fingerprint density at radius 2 is 1.95 bits per heavy atom. The minimum Gasteiger partial charge on any atom is -0.465 e. The van der Waals surface area contributed by atoms with E-state index >= 15 is 0 Å². The summed E-state index contributed by atoms with van der Waals surface area (Å²) in [5.74, 6) is -0.832. The quantitative estimate of drug-likeness (QED) is 0.571. The predicted octanol–water partition coefficient (Wildman–Crippen LogP) is 1.77. The van der Waals surface area contributed by atoms with Crippen LogP contribution < -0.4 is 0 Å². The fourth-order valence-electron chi connectivity index (χ4n) is 1.91. The van der Waals surface area contributed by atoms with Crippen LogP contribution in [0.4, 0.5) is 4.79 Å². The average molecular weight is 285 g/mol. The van der Waals surface area contributed by atoms with E-state index in [4.69, 9.17) is 9.47 Å². The van der Waals surface area contributed by atoms with Gasteiger partial charge in [0.25, 0.3) is 0 Å². The van der Waals surface area contributed by atoms with Gasteiger partial charge < -0.3 is 14.4 Å². The average Bonchev–Trinajstić information content (AvgIpc) is 2.30. The highest BCUT2D eigenvalue weighted by atomic mass is 16.6. The van der Waals surface area contributed by atoms with Gasteiger partial charge in [0.1, 0.15) is 11.0 Å². The molecule has 1 saturated heterocycles. The number of esters is 1. The third-order valence-corrected chi connectivity index (χ3v) is 3.21. The monoisotopic (exact) mass is 285 g/mol. The second kappa shape index (κ2) is 5.81. The van der Waals surface area contributed by atoms with Crippen molar-refractivity contribution in [2.45, 2.75) is 46.6 Å². The Labute approximate surface area is 119 Å². The Hall–Kier alpha value is -1.59. The van der Waals surface area contributed by atoms with E-state index < -0.39 is 23.1 Å². The number of amides is 1. The van der Waals surface area contributed by atoms with Crippen molar-refractivity contribution in [3.63, 3.8) is 0 Å². The van der Waals surface area contributed by atoms with E-state index in [0.29, 0.717) is 6.54 Å². The molecule has 0 spiro atoms. The van der Waals surface area contributed by atoms with Crippen LogP contribution in [0.2, 0.25) is 0 Å². The summed E-state index contributed by atoms with van der Waals surface area (Å²) >= 11 is 0. The molecule has 1 aliphatic rings. The van der Waals surface area contributed by atoms with Crippen molar-refractivity contribution in [3.05, 3.63) is 0 Å². The van der Waals surface area contributed by atoms with Crippen molar-refractivity contribution < 1.29 is 23.9 Å². The first-order valence-corrected chi connectivity index (χ1v) is 6.78. The van der Waals surface area contributed by atoms with Crippen LogP contribution in [0.1, 0.15) is 41.0 Å². The maximum absolute atomic E-state index is 12.2. The van der Waals surface area contributed by atoms with Gasteiger partial charge in [-0.2, -0.15) is 0 Å². The summed E-state index contributed by atoms with van der Waals surface area (Å²) < 4.78 is 10.2. The molecule has 114 valence electrons. The summed E-state index contributed by atoms with van der Waals surface area (Å²) in [7, 11) is 0.